The van der Waals surface area contributed by atoms with Crippen molar-refractivity contribution in [1.82, 2.24) is 10.1 Å². The van der Waals surface area contributed by atoms with Gasteiger partial charge in [0.05, 0.1) is 5.41 Å². The van der Waals surface area contributed by atoms with Gasteiger partial charge in [-0.3, -0.25) is 0 Å². The Balaban J connectivity index is 1.63. The van der Waals surface area contributed by atoms with Gasteiger partial charge in [-0.1, -0.05) is 74.0 Å². The van der Waals surface area contributed by atoms with Gasteiger partial charge in [-0.05, 0) is 30.9 Å². The highest BCUT2D eigenvalue weighted by Gasteiger charge is 2.47. The van der Waals surface area contributed by atoms with E-state index in [-0.39, 0.29) is 5.41 Å². The normalized spacial score (nSPS) is 26.1. The first-order chi connectivity index (χ1) is 12.4. The first-order valence-electron chi connectivity index (χ1n) is 9.86. The Morgan fingerprint density at radius 3 is 2.36 bits per heavy atom. The molecular weight excluding hydrogens is 328 g/mol. The third kappa shape index (κ3) is 3.64. The van der Waals surface area contributed by atoms with Crippen LogP contribution in [0.25, 0.3) is 11.4 Å². The first kappa shape index (κ1) is 17.1. The molecule has 4 rings (SSSR count). The standard InChI is InChI=1S/C21H28N2OS/c1-2-4-9-13-18(12-8-3-1)21(14-15-25-16-21)20-22-19(23-24-20)17-10-6-5-7-11-17/h5-7,10-11,18H,1-4,8-9,12-16H2. The van der Waals surface area contributed by atoms with Crippen LogP contribution in [0.15, 0.2) is 34.9 Å². The van der Waals surface area contributed by atoms with Crippen LogP contribution in [-0.2, 0) is 5.41 Å². The topological polar surface area (TPSA) is 38.9 Å². The van der Waals surface area contributed by atoms with E-state index < -0.39 is 0 Å². The second-order valence-electron chi connectivity index (χ2n) is 7.64. The second-order valence-corrected chi connectivity index (χ2v) is 8.75. The maximum atomic E-state index is 5.89. The maximum Gasteiger partial charge on any atom is 0.234 e. The molecule has 0 bridgehead atoms. The molecule has 1 unspecified atom stereocenters. The predicted octanol–water partition coefficient (Wildman–Crippen LogP) is 5.86. The van der Waals surface area contributed by atoms with Crippen LogP contribution < -0.4 is 0 Å². The zero-order valence-electron chi connectivity index (χ0n) is 15.0. The molecule has 0 radical (unpaired) electrons. The maximum absolute atomic E-state index is 5.89. The van der Waals surface area contributed by atoms with Crippen molar-refractivity contribution < 1.29 is 4.52 Å². The van der Waals surface area contributed by atoms with E-state index >= 15 is 0 Å². The molecule has 2 aromatic rings. The van der Waals surface area contributed by atoms with E-state index in [2.05, 4.69) is 29.1 Å². The fraction of sp³-hybridized carbons (Fsp3) is 0.619. The highest BCUT2D eigenvalue weighted by Crippen LogP contribution is 2.48. The van der Waals surface area contributed by atoms with Crippen molar-refractivity contribution in [3.8, 4) is 11.4 Å². The monoisotopic (exact) mass is 356 g/mol. The Morgan fingerprint density at radius 2 is 1.68 bits per heavy atom. The molecule has 0 amide bonds. The Kier molecular flexibility index (Phi) is 5.45. The summed E-state index contributed by atoms with van der Waals surface area (Å²) >= 11 is 2.06. The van der Waals surface area contributed by atoms with Gasteiger partial charge in [-0.25, -0.2) is 0 Å². The molecule has 2 fully saturated rings. The summed E-state index contributed by atoms with van der Waals surface area (Å²) in [5, 5.41) is 4.34. The van der Waals surface area contributed by atoms with E-state index in [0.717, 1.165) is 23.0 Å². The average molecular weight is 357 g/mol. The van der Waals surface area contributed by atoms with E-state index in [0.29, 0.717) is 5.92 Å². The second kappa shape index (κ2) is 7.94. The van der Waals surface area contributed by atoms with Gasteiger partial charge in [0.15, 0.2) is 0 Å². The van der Waals surface area contributed by atoms with E-state index in [9.17, 15) is 0 Å². The summed E-state index contributed by atoms with van der Waals surface area (Å²) in [6.07, 6.45) is 12.2. The van der Waals surface area contributed by atoms with Crippen molar-refractivity contribution in [2.75, 3.05) is 11.5 Å². The van der Waals surface area contributed by atoms with Crippen LogP contribution in [0.4, 0.5) is 0 Å². The molecule has 25 heavy (non-hydrogen) atoms. The van der Waals surface area contributed by atoms with Gasteiger partial charge in [0.25, 0.3) is 0 Å². The largest absolute Gasteiger partial charge is 0.338 e. The molecule has 2 heterocycles. The number of nitrogens with zero attached hydrogens (tertiary/aromatic N) is 2. The smallest absolute Gasteiger partial charge is 0.234 e. The Morgan fingerprint density at radius 1 is 0.960 bits per heavy atom. The third-order valence-corrected chi connectivity index (χ3v) is 7.28. The lowest BCUT2D eigenvalue weighted by Crippen LogP contribution is -2.36. The van der Waals surface area contributed by atoms with Crippen molar-refractivity contribution in [3.05, 3.63) is 36.2 Å². The summed E-state index contributed by atoms with van der Waals surface area (Å²) in [6.45, 7) is 0. The molecule has 1 atom stereocenters. The lowest BCUT2D eigenvalue weighted by molar-refractivity contribution is 0.193. The van der Waals surface area contributed by atoms with E-state index in [1.165, 1.54) is 63.5 Å². The average Bonchev–Trinajstić information content (AvgIpc) is 3.34. The minimum atomic E-state index is 0.106. The highest BCUT2D eigenvalue weighted by molar-refractivity contribution is 7.99. The van der Waals surface area contributed by atoms with Crippen molar-refractivity contribution in [2.24, 2.45) is 5.92 Å². The van der Waals surface area contributed by atoms with Crippen molar-refractivity contribution >= 4 is 11.8 Å². The molecule has 1 aliphatic carbocycles. The predicted molar refractivity (Wildman–Crippen MR) is 104 cm³/mol. The van der Waals surface area contributed by atoms with Gasteiger partial charge in [0.1, 0.15) is 0 Å². The molecule has 2 aliphatic rings. The van der Waals surface area contributed by atoms with E-state index in [4.69, 9.17) is 9.51 Å². The molecule has 1 aromatic heterocycles. The molecule has 3 nitrogen and oxygen atoms in total. The number of rotatable bonds is 3. The van der Waals surface area contributed by atoms with Gasteiger partial charge in [-0.2, -0.15) is 16.7 Å². The molecule has 1 saturated carbocycles. The molecule has 134 valence electrons. The van der Waals surface area contributed by atoms with Crippen molar-refractivity contribution in [2.45, 2.75) is 63.2 Å². The molecule has 1 saturated heterocycles. The fourth-order valence-electron chi connectivity index (χ4n) is 4.56. The Labute approximate surface area is 155 Å². The summed E-state index contributed by atoms with van der Waals surface area (Å²) in [5.74, 6) is 4.72. The number of hydrogen-bond donors (Lipinski definition) is 0. The molecule has 4 heteroatoms. The zero-order valence-corrected chi connectivity index (χ0v) is 15.8. The van der Waals surface area contributed by atoms with Crippen LogP contribution in [-0.4, -0.2) is 21.6 Å². The minimum Gasteiger partial charge on any atom is -0.338 e. The summed E-state index contributed by atoms with van der Waals surface area (Å²) in [4.78, 5) is 4.90. The fourth-order valence-corrected chi connectivity index (χ4v) is 6.08. The number of thioether (sulfide) groups is 1. The molecular formula is C21H28N2OS. The van der Waals surface area contributed by atoms with Crippen LogP contribution in [0.2, 0.25) is 0 Å². The SMILES string of the molecule is c1ccc(-c2noc(C3(C4CCCCCCCC4)CCSC3)n2)cc1. The van der Waals surface area contributed by atoms with Crippen LogP contribution >= 0.6 is 11.8 Å². The molecule has 0 N–H and O–H groups in total. The molecule has 0 spiro atoms. The van der Waals surface area contributed by atoms with Gasteiger partial charge in [0.2, 0.25) is 11.7 Å². The van der Waals surface area contributed by atoms with Crippen LogP contribution in [0, 0.1) is 5.92 Å². The third-order valence-electron chi connectivity index (χ3n) is 6.07. The zero-order chi connectivity index (χ0) is 17.0. The summed E-state index contributed by atoms with van der Waals surface area (Å²) in [6, 6.07) is 10.2. The number of aromatic nitrogens is 2. The first-order valence-corrected chi connectivity index (χ1v) is 11.0. The quantitative estimate of drug-likeness (QED) is 0.690. The van der Waals surface area contributed by atoms with Gasteiger partial charge in [-0.15, -0.1) is 0 Å². The van der Waals surface area contributed by atoms with Crippen LogP contribution in [0.1, 0.15) is 63.7 Å². The Hall–Kier alpha value is -1.29. The van der Waals surface area contributed by atoms with Crippen LogP contribution in [0.5, 0.6) is 0 Å². The van der Waals surface area contributed by atoms with Gasteiger partial charge < -0.3 is 4.52 Å². The lowest BCUT2D eigenvalue weighted by atomic mass is 9.70. The van der Waals surface area contributed by atoms with Gasteiger partial charge in [0, 0.05) is 11.3 Å². The lowest BCUT2D eigenvalue weighted by Gasteiger charge is -2.34. The van der Waals surface area contributed by atoms with Crippen LogP contribution in [0.3, 0.4) is 0 Å². The number of benzene rings is 1. The molecule has 1 aromatic carbocycles. The van der Waals surface area contributed by atoms with Crippen molar-refractivity contribution in [3.63, 3.8) is 0 Å². The minimum absolute atomic E-state index is 0.106. The summed E-state index contributed by atoms with van der Waals surface area (Å²) in [7, 11) is 0. The summed E-state index contributed by atoms with van der Waals surface area (Å²) in [5.41, 5.74) is 1.16. The molecule has 1 aliphatic heterocycles. The number of hydrogen-bond acceptors (Lipinski definition) is 4. The highest BCUT2D eigenvalue weighted by atomic mass is 32.2. The van der Waals surface area contributed by atoms with Gasteiger partial charge >= 0.3 is 0 Å². The van der Waals surface area contributed by atoms with E-state index in [1.807, 2.05) is 18.2 Å². The summed E-state index contributed by atoms with van der Waals surface area (Å²) < 4.78 is 5.89. The Bertz CT molecular complexity index is 654. The van der Waals surface area contributed by atoms with Crippen molar-refractivity contribution in [1.29, 1.82) is 0 Å². The van der Waals surface area contributed by atoms with E-state index in [1.54, 1.807) is 0 Å².